The molecule has 1 nitrogen and oxygen atoms in total. The highest BCUT2D eigenvalue weighted by Crippen LogP contribution is 2.25. The Balaban J connectivity index is 2.32. The molecule has 1 atom stereocenters. The molecule has 1 aromatic rings. The zero-order valence-electron chi connectivity index (χ0n) is 13.3. The molecule has 1 aromatic carbocycles. The molecule has 0 heterocycles. The monoisotopic (exact) mass is 339 g/mol. The third-order valence-corrected chi connectivity index (χ3v) is 4.55. The Bertz CT molecular complexity index is 376. The minimum absolute atomic E-state index is 0.499. The Morgan fingerprint density at radius 2 is 1.70 bits per heavy atom. The second kappa shape index (κ2) is 10.4. The summed E-state index contributed by atoms with van der Waals surface area (Å²) in [7, 11) is 2.08. The summed E-state index contributed by atoms with van der Waals surface area (Å²) in [5.74, 6) is 0. The predicted octanol–water partition coefficient (Wildman–Crippen LogP) is 6.16. The topological polar surface area (TPSA) is 12.0 Å². The van der Waals surface area contributed by atoms with E-state index in [4.69, 9.17) is 0 Å². The highest BCUT2D eigenvalue weighted by atomic mass is 79.9. The number of benzene rings is 1. The van der Waals surface area contributed by atoms with Crippen molar-refractivity contribution in [3.63, 3.8) is 0 Å². The number of hydrogen-bond acceptors (Lipinski definition) is 1. The van der Waals surface area contributed by atoms with E-state index in [0.29, 0.717) is 6.04 Å². The van der Waals surface area contributed by atoms with E-state index in [1.807, 2.05) is 0 Å². The maximum Gasteiger partial charge on any atom is 0.0320 e. The zero-order valence-corrected chi connectivity index (χ0v) is 14.9. The lowest BCUT2D eigenvalue weighted by Crippen LogP contribution is -2.17. The molecule has 0 saturated carbocycles. The number of halogens is 1. The Morgan fingerprint density at radius 1 is 1.05 bits per heavy atom. The third-order valence-electron chi connectivity index (χ3n) is 4.05. The van der Waals surface area contributed by atoms with Crippen LogP contribution in [0, 0.1) is 6.92 Å². The second-order valence-electron chi connectivity index (χ2n) is 5.75. The lowest BCUT2D eigenvalue weighted by molar-refractivity contribution is 0.494. The summed E-state index contributed by atoms with van der Waals surface area (Å²) in [5, 5.41) is 3.47. The van der Waals surface area contributed by atoms with Gasteiger partial charge in [0.1, 0.15) is 0 Å². The van der Waals surface area contributed by atoms with Gasteiger partial charge in [0.05, 0.1) is 0 Å². The molecule has 0 fully saturated rings. The van der Waals surface area contributed by atoms with Crippen LogP contribution in [0.2, 0.25) is 0 Å². The van der Waals surface area contributed by atoms with Gasteiger partial charge in [-0.2, -0.15) is 0 Å². The average molecular weight is 340 g/mol. The molecule has 1 unspecified atom stereocenters. The summed E-state index contributed by atoms with van der Waals surface area (Å²) >= 11 is 3.54. The molecule has 0 aliphatic rings. The van der Waals surface area contributed by atoms with Gasteiger partial charge >= 0.3 is 0 Å². The van der Waals surface area contributed by atoms with E-state index in [1.54, 1.807) is 0 Å². The van der Waals surface area contributed by atoms with Crippen molar-refractivity contribution >= 4 is 15.9 Å². The number of nitrogens with one attached hydrogen (secondary N) is 1. The van der Waals surface area contributed by atoms with Crippen molar-refractivity contribution in [1.29, 1.82) is 0 Å². The molecule has 0 radical (unpaired) electrons. The Kier molecular flexibility index (Phi) is 9.21. The standard InChI is InChI=1S/C18H30BrN/c1-4-5-6-7-8-9-10-11-18(20-3)17-13-12-16(19)14-15(17)2/h12-14,18,20H,4-11H2,1-3H3. The maximum atomic E-state index is 3.54. The smallest absolute Gasteiger partial charge is 0.0320 e. The highest BCUT2D eigenvalue weighted by Gasteiger charge is 2.11. The summed E-state index contributed by atoms with van der Waals surface area (Å²) < 4.78 is 1.17. The van der Waals surface area contributed by atoms with Gasteiger partial charge in [-0.15, -0.1) is 0 Å². The summed E-state index contributed by atoms with van der Waals surface area (Å²) in [6.07, 6.45) is 10.9. The second-order valence-corrected chi connectivity index (χ2v) is 6.67. The van der Waals surface area contributed by atoms with Crippen molar-refractivity contribution < 1.29 is 0 Å². The van der Waals surface area contributed by atoms with E-state index >= 15 is 0 Å². The van der Waals surface area contributed by atoms with Crippen LogP contribution < -0.4 is 5.32 Å². The zero-order chi connectivity index (χ0) is 14.8. The van der Waals surface area contributed by atoms with E-state index in [9.17, 15) is 0 Å². The van der Waals surface area contributed by atoms with Crippen LogP contribution in [0.4, 0.5) is 0 Å². The van der Waals surface area contributed by atoms with Gasteiger partial charge in [0.25, 0.3) is 0 Å². The summed E-state index contributed by atoms with van der Waals surface area (Å²) in [4.78, 5) is 0. The van der Waals surface area contributed by atoms with Crippen molar-refractivity contribution in [3.05, 3.63) is 33.8 Å². The first-order chi connectivity index (χ1) is 9.69. The molecule has 0 amide bonds. The summed E-state index contributed by atoms with van der Waals surface area (Å²) in [6.45, 7) is 4.48. The first kappa shape index (κ1) is 17.7. The SMILES string of the molecule is CCCCCCCCCC(NC)c1ccc(Br)cc1C. The third kappa shape index (κ3) is 6.41. The van der Waals surface area contributed by atoms with Gasteiger partial charge in [-0.05, 0) is 43.7 Å². The van der Waals surface area contributed by atoms with E-state index < -0.39 is 0 Å². The Hall–Kier alpha value is -0.340. The Labute approximate surface area is 133 Å². The van der Waals surface area contributed by atoms with Gasteiger partial charge < -0.3 is 5.32 Å². The van der Waals surface area contributed by atoms with Crippen LogP contribution in [0.1, 0.15) is 75.5 Å². The van der Waals surface area contributed by atoms with Gasteiger partial charge in [0.15, 0.2) is 0 Å². The minimum Gasteiger partial charge on any atom is -0.313 e. The molecule has 0 spiro atoms. The first-order valence-corrected chi connectivity index (χ1v) is 8.91. The van der Waals surface area contributed by atoms with E-state index in [2.05, 4.69) is 60.3 Å². The fourth-order valence-electron chi connectivity index (χ4n) is 2.79. The molecular weight excluding hydrogens is 310 g/mol. The number of hydrogen-bond donors (Lipinski definition) is 1. The average Bonchev–Trinajstić information content (AvgIpc) is 2.43. The molecule has 0 aromatic heterocycles. The van der Waals surface area contributed by atoms with Crippen molar-refractivity contribution in [1.82, 2.24) is 5.32 Å². The molecule has 1 N–H and O–H groups in total. The van der Waals surface area contributed by atoms with Crippen LogP contribution >= 0.6 is 15.9 Å². The molecule has 0 aliphatic heterocycles. The van der Waals surface area contributed by atoms with Crippen LogP contribution in [-0.4, -0.2) is 7.05 Å². The van der Waals surface area contributed by atoms with Gasteiger partial charge in [-0.25, -0.2) is 0 Å². The lowest BCUT2D eigenvalue weighted by Gasteiger charge is -2.19. The van der Waals surface area contributed by atoms with E-state index in [0.717, 1.165) is 0 Å². The van der Waals surface area contributed by atoms with Crippen LogP contribution in [0.25, 0.3) is 0 Å². The largest absolute Gasteiger partial charge is 0.313 e. The van der Waals surface area contributed by atoms with Crippen molar-refractivity contribution in [2.24, 2.45) is 0 Å². The van der Waals surface area contributed by atoms with Gasteiger partial charge in [-0.3, -0.25) is 0 Å². The molecule has 20 heavy (non-hydrogen) atoms. The van der Waals surface area contributed by atoms with Crippen LogP contribution in [-0.2, 0) is 0 Å². The normalized spacial score (nSPS) is 12.6. The number of unbranched alkanes of at least 4 members (excludes halogenated alkanes) is 6. The van der Waals surface area contributed by atoms with E-state index in [1.165, 1.54) is 67.0 Å². The predicted molar refractivity (Wildman–Crippen MR) is 93.3 cm³/mol. The van der Waals surface area contributed by atoms with E-state index in [-0.39, 0.29) is 0 Å². The molecule has 0 bridgehead atoms. The van der Waals surface area contributed by atoms with Crippen molar-refractivity contribution in [3.8, 4) is 0 Å². The lowest BCUT2D eigenvalue weighted by atomic mass is 9.96. The molecule has 0 aliphatic carbocycles. The van der Waals surface area contributed by atoms with Gasteiger partial charge in [0, 0.05) is 10.5 Å². The highest BCUT2D eigenvalue weighted by molar-refractivity contribution is 9.10. The van der Waals surface area contributed by atoms with Crippen LogP contribution in [0.3, 0.4) is 0 Å². The number of rotatable bonds is 10. The summed E-state index contributed by atoms with van der Waals surface area (Å²) in [6, 6.07) is 7.11. The fourth-order valence-corrected chi connectivity index (χ4v) is 3.27. The molecule has 2 heteroatoms. The van der Waals surface area contributed by atoms with Gasteiger partial charge in [0.2, 0.25) is 0 Å². The number of aryl methyl sites for hydroxylation is 1. The Morgan fingerprint density at radius 3 is 2.30 bits per heavy atom. The van der Waals surface area contributed by atoms with Crippen molar-refractivity contribution in [2.45, 2.75) is 71.3 Å². The maximum absolute atomic E-state index is 3.54. The van der Waals surface area contributed by atoms with Crippen LogP contribution in [0.15, 0.2) is 22.7 Å². The summed E-state index contributed by atoms with van der Waals surface area (Å²) in [5.41, 5.74) is 2.82. The quantitative estimate of drug-likeness (QED) is 0.503. The van der Waals surface area contributed by atoms with Crippen LogP contribution in [0.5, 0.6) is 0 Å². The van der Waals surface area contributed by atoms with Crippen molar-refractivity contribution in [2.75, 3.05) is 7.05 Å². The molecular formula is C18H30BrN. The molecule has 0 saturated heterocycles. The minimum atomic E-state index is 0.499. The van der Waals surface area contributed by atoms with Gasteiger partial charge in [-0.1, -0.05) is 73.9 Å². The molecule has 1 rings (SSSR count). The first-order valence-electron chi connectivity index (χ1n) is 8.12. The fraction of sp³-hybridized carbons (Fsp3) is 0.667. The molecule has 114 valence electrons.